The van der Waals surface area contributed by atoms with Gasteiger partial charge in [-0.05, 0) is 209 Å². The Hall–Kier alpha value is -7.62. The van der Waals surface area contributed by atoms with Gasteiger partial charge in [-0.3, -0.25) is 0 Å². The predicted octanol–water partition coefficient (Wildman–Crippen LogP) is 17.9. The van der Waals surface area contributed by atoms with Crippen molar-refractivity contribution in [2.75, 3.05) is 14.7 Å². The lowest BCUT2D eigenvalue weighted by Gasteiger charge is -2.47. The van der Waals surface area contributed by atoms with E-state index in [1.54, 1.807) is 0 Å². The number of anilines is 9. The lowest BCUT2D eigenvalue weighted by atomic mass is 9.62. The molecule has 3 heteroatoms. The minimum atomic E-state index is -0.769. The van der Waals surface area contributed by atoms with Crippen LogP contribution in [0, 0.1) is 69.2 Å². The number of para-hydroxylation sites is 1. The van der Waals surface area contributed by atoms with Crippen LogP contribution in [-0.2, 0) is 5.41 Å². The van der Waals surface area contributed by atoms with Crippen LogP contribution in [0.5, 0.6) is 0 Å². The molecule has 1 aliphatic heterocycles. The zero-order valence-corrected chi connectivity index (χ0v) is 41.2. The molecule has 0 saturated heterocycles. The first kappa shape index (κ1) is 44.2. The maximum Gasteiger partial charge on any atom is 0.0743 e. The monoisotopic (exact) mass is 883 g/mol. The van der Waals surface area contributed by atoms with Crippen molar-refractivity contribution in [3.63, 3.8) is 0 Å². The lowest BCUT2D eigenvalue weighted by molar-refractivity contribution is 0.730. The topological polar surface area (TPSA) is 9.72 Å². The highest BCUT2D eigenvalue weighted by Gasteiger charge is 2.47. The first-order valence-electron chi connectivity index (χ1n) is 24.0. The molecule has 0 saturated carbocycles. The van der Waals surface area contributed by atoms with E-state index in [2.05, 4.69) is 272 Å². The molecule has 9 aromatic carbocycles. The second-order valence-electron chi connectivity index (χ2n) is 19.4. The summed E-state index contributed by atoms with van der Waals surface area (Å²) >= 11 is 0. The Morgan fingerprint density at radius 1 is 0.309 bits per heavy atom. The Labute approximate surface area is 404 Å². The zero-order valence-electron chi connectivity index (χ0n) is 41.2. The van der Waals surface area contributed by atoms with Gasteiger partial charge in [-0.25, -0.2) is 0 Å². The van der Waals surface area contributed by atoms with E-state index in [-0.39, 0.29) is 0 Å². The van der Waals surface area contributed by atoms with Crippen molar-refractivity contribution in [2.45, 2.75) is 74.7 Å². The number of fused-ring (bicyclic) bond motifs is 2. The summed E-state index contributed by atoms with van der Waals surface area (Å²) in [5, 5.41) is 0. The molecule has 0 radical (unpaired) electrons. The predicted molar refractivity (Wildman–Crippen MR) is 290 cm³/mol. The van der Waals surface area contributed by atoms with Crippen LogP contribution >= 0.6 is 0 Å². The fraction of sp³-hybridized carbons (Fsp3) is 0.169. The van der Waals surface area contributed by atoms with Gasteiger partial charge in [-0.2, -0.15) is 0 Å². The Morgan fingerprint density at radius 3 is 1.15 bits per heavy atom. The number of hydrogen-bond donors (Lipinski definition) is 0. The molecule has 1 aliphatic rings. The Bertz CT molecular complexity index is 3120. The number of hydrogen-bond acceptors (Lipinski definition) is 3. The number of aryl methyl sites for hydroxylation is 10. The van der Waals surface area contributed by atoms with Crippen molar-refractivity contribution >= 4 is 51.2 Å². The van der Waals surface area contributed by atoms with Crippen molar-refractivity contribution in [3.05, 3.63) is 266 Å². The van der Waals surface area contributed by atoms with Crippen LogP contribution in [0.1, 0.15) is 77.9 Å². The maximum absolute atomic E-state index is 2.49. The van der Waals surface area contributed by atoms with Gasteiger partial charge in [0.2, 0.25) is 0 Å². The summed E-state index contributed by atoms with van der Waals surface area (Å²) < 4.78 is 0. The fourth-order valence-corrected chi connectivity index (χ4v) is 10.6. The van der Waals surface area contributed by atoms with Gasteiger partial charge in [0.05, 0.1) is 16.8 Å². The van der Waals surface area contributed by atoms with E-state index in [4.69, 9.17) is 0 Å². The average molecular weight is 884 g/mol. The van der Waals surface area contributed by atoms with Crippen molar-refractivity contribution in [2.24, 2.45) is 0 Å². The molecule has 0 spiro atoms. The minimum absolute atomic E-state index is 0.769. The minimum Gasteiger partial charge on any atom is -0.310 e. The van der Waals surface area contributed by atoms with Gasteiger partial charge in [-0.15, -0.1) is 0 Å². The van der Waals surface area contributed by atoms with Crippen LogP contribution in [0.2, 0.25) is 0 Å². The van der Waals surface area contributed by atoms with Crippen LogP contribution in [0.4, 0.5) is 51.2 Å². The highest BCUT2D eigenvalue weighted by atomic mass is 15.2. The third-order valence-corrected chi connectivity index (χ3v) is 14.1. The molecule has 10 rings (SSSR count). The van der Waals surface area contributed by atoms with Gasteiger partial charge < -0.3 is 14.7 Å². The van der Waals surface area contributed by atoms with Crippen LogP contribution < -0.4 is 14.7 Å². The number of nitrogens with zero attached hydrogens (tertiary/aromatic N) is 3. The van der Waals surface area contributed by atoms with Crippen LogP contribution in [0.15, 0.2) is 188 Å². The molecule has 68 heavy (non-hydrogen) atoms. The molecule has 0 aromatic heterocycles. The van der Waals surface area contributed by atoms with Crippen molar-refractivity contribution < 1.29 is 0 Å². The van der Waals surface area contributed by atoms with Gasteiger partial charge in [0.25, 0.3) is 0 Å². The summed E-state index contributed by atoms with van der Waals surface area (Å²) in [5.74, 6) is 0. The third-order valence-electron chi connectivity index (χ3n) is 14.1. The summed E-state index contributed by atoms with van der Waals surface area (Å²) in [7, 11) is 0. The highest BCUT2D eigenvalue weighted by molar-refractivity contribution is 5.91. The van der Waals surface area contributed by atoms with Gasteiger partial charge >= 0.3 is 0 Å². The molecule has 0 amide bonds. The SMILES string of the molecule is Cc1ccc(N2c3ccccc3C(c3cccc(N(c4cc(C)ccc4C)c4cc(C)ccc4C)c3)(c3cccc(N(c4cc(C)ccc4C)c4cc(C)ccc4C)c3)c3cc(C)ccc32)cc1. The summed E-state index contributed by atoms with van der Waals surface area (Å²) in [6.07, 6.45) is 0. The van der Waals surface area contributed by atoms with E-state index in [0.29, 0.717) is 0 Å². The summed E-state index contributed by atoms with van der Waals surface area (Å²) in [6, 6.07) is 71.3. The van der Waals surface area contributed by atoms with Gasteiger partial charge in [0.1, 0.15) is 0 Å². The third kappa shape index (κ3) is 7.66. The van der Waals surface area contributed by atoms with Crippen molar-refractivity contribution in [1.29, 1.82) is 0 Å². The number of benzene rings is 9. The average Bonchev–Trinajstić information content (AvgIpc) is 3.33. The molecule has 0 unspecified atom stereocenters. The standard InChI is InChI=1S/C65H61N3/c1-42-25-32-54(33-26-42)66-59-20-12-11-19-57(59)65(58-35-43(2)27-34-60(58)66,52-15-13-17-55(40-52)67(61-36-44(3)21-28-48(61)7)62-37-45(4)22-29-49(62)8)53-16-14-18-56(41-53)68(63-38-46(5)23-30-50(63)9)64-39-47(6)24-31-51(64)10/h11-41H,1-10H3. The molecule has 0 fully saturated rings. The summed E-state index contributed by atoms with van der Waals surface area (Å²) in [5.41, 5.74) is 26.7. The van der Waals surface area contributed by atoms with E-state index in [0.717, 1.165) is 28.4 Å². The quantitative estimate of drug-likeness (QED) is 0.143. The zero-order chi connectivity index (χ0) is 47.4. The van der Waals surface area contributed by atoms with E-state index < -0.39 is 5.41 Å². The second-order valence-corrected chi connectivity index (χ2v) is 19.4. The van der Waals surface area contributed by atoms with Crippen molar-refractivity contribution in [1.82, 2.24) is 0 Å². The Morgan fingerprint density at radius 2 is 0.691 bits per heavy atom. The molecule has 1 heterocycles. The number of rotatable bonds is 9. The van der Waals surface area contributed by atoms with E-state index in [1.807, 2.05) is 0 Å². The molecule has 0 aliphatic carbocycles. The van der Waals surface area contributed by atoms with Gasteiger partial charge in [-0.1, -0.05) is 126 Å². The van der Waals surface area contributed by atoms with Crippen LogP contribution in [0.25, 0.3) is 0 Å². The largest absolute Gasteiger partial charge is 0.310 e. The molecular weight excluding hydrogens is 823 g/mol. The molecule has 0 N–H and O–H groups in total. The normalized spacial score (nSPS) is 12.6. The van der Waals surface area contributed by atoms with Gasteiger partial charge in [0, 0.05) is 39.8 Å². The van der Waals surface area contributed by atoms with Gasteiger partial charge in [0.15, 0.2) is 0 Å². The summed E-state index contributed by atoms with van der Waals surface area (Å²) in [6.45, 7) is 22.1. The van der Waals surface area contributed by atoms with E-state index in [1.165, 1.54) is 101 Å². The lowest BCUT2D eigenvalue weighted by Crippen LogP contribution is -2.38. The maximum atomic E-state index is 2.49. The Kier molecular flexibility index (Phi) is 11.4. The molecular formula is C65H61N3. The molecule has 0 bridgehead atoms. The molecule has 336 valence electrons. The molecule has 3 nitrogen and oxygen atoms in total. The first-order chi connectivity index (χ1) is 32.8. The first-order valence-corrected chi connectivity index (χ1v) is 24.0. The van der Waals surface area contributed by atoms with E-state index >= 15 is 0 Å². The molecule has 9 aromatic rings. The van der Waals surface area contributed by atoms with Crippen LogP contribution in [-0.4, -0.2) is 0 Å². The summed E-state index contributed by atoms with van der Waals surface area (Å²) in [4.78, 5) is 7.46. The van der Waals surface area contributed by atoms with E-state index in [9.17, 15) is 0 Å². The van der Waals surface area contributed by atoms with Crippen LogP contribution in [0.3, 0.4) is 0 Å². The highest BCUT2D eigenvalue weighted by Crippen LogP contribution is 2.59. The Balaban J connectivity index is 1.32. The van der Waals surface area contributed by atoms with Crippen molar-refractivity contribution in [3.8, 4) is 0 Å². The smallest absolute Gasteiger partial charge is 0.0743 e. The fourth-order valence-electron chi connectivity index (χ4n) is 10.6. The molecule has 0 atom stereocenters. The second kappa shape index (κ2) is 17.6.